The number of halogens is 2. The van der Waals surface area contributed by atoms with Crippen molar-refractivity contribution >= 4 is 27.3 Å². The third-order valence-corrected chi connectivity index (χ3v) is 6.56. The number of ether oxygens (including phenoxy) is 1. The smallest absolute Gasteiger partial charge is 0.289 e. The lowest BCUT2D eigenvalue weighted by atomic mass is 9.74. The van der Waals surface area contributed by atoms with Crippen molar-refractivity contribution in [3.63, 3.8) is 0 Å². The Labute approximate surface area is 166 Å². The number of nitrogens with zero attached hydrogens (tertiary/aromatic N) is 1. The second-order valence-corrected chi connectivity index (χ2v) is 8.77. The van der Waals surface area contributed by atoms with Crippen LogP contribution in [0.25, 0.3) is 0 Å². The summed E-state index contributed by atoms with van der Waals surface area (Å²) in [6.07, 6.45) is 0.966. The van der Waals surface area contributed by atoms with Crippen LogP contribution in [0.4, 0.5) is 10.1 Å². The zero-order chi connectivity index (χ0) is 20.4. The van der Waals surface area contributed by atoms with Gasteiger partial charge in [-0.1, -0.05) is 23.7 Å². The maximum atomic E-state index is 13.8. The van der Waals surface area contributed by atoms with Crippen molar-refractivity contribution in [2.24, 2.45) is 0 Å². The summed E-state index contributed by atoms with van der Waals surface area (Å²) in [5.41, 5.74) is -0.594. The van der Waals surface area contributed by atoms with E-state index in [1.165, 1.54) is 18.2 Å². The van der Waals surface area contributed by atoms with Crippen molar-refractivity contribution in [1.82, 2.24) is 4.72 Å². The molecule has 0 bridgehead atoms. The highest BCUT2D eigenvalue weighted by atomic mass is 35.5. The summed E-state index contributed by atoms with van der Waals surface area (Å²) in [5, 5.41) is 11.3. The summed E-state index contributed by atoms with van der Waals surface area (Å²) >= 11 is 5.84. The first-order valence-electron chi connectivity index (χ1n) is 8.51. The van der Waals surface area contributed by atoms with Gasteiger partial charge in [-0.25, -0.2) is 17.5 Å². The number of nitro benzene ring substituents is 1. The van der Waals surface area contributed by atoms with E-state index in [-0.39, 0.29) is 11.6 Å². The molecule has 150 valence electrons. The molecule has 3 rings (SSSR count). The Kier molecular flexibility index (Phi) is 5.99. The molecule has 0 spiro atoms. The summed E-state index contributed by atoms with van der Waals surface area (Å²) in [7, 11) is -4.22. The van der Waals surface area contributed by atoms with Crippen molar-refractivity contribution in [3.05, 3.63) is 69.0 Å². The third-order valence-electron chi connectivity index (χ3n) is 4.90. The van der Waals surface area contributed by atoms with Gasteiger partial charge >= 0.3 is 0 Å². The summed E-state index contributed by atoms with van der Waals surface area (Å²) in [4.78, 5) is 9.94. The lowest BCUT2D eigenvalue weighted by Gasteiger charge is -2.37. The maximum absolute atomic E-state index is 13.8. The molecule has 0 radical (unpaired) electrons. The van der Waals surface area contributed by atoms with Crippen LogP contribution in [0.15, 0.2) is 47.4 Å². The van der Waals surface area contributed by atoms with Crippen LogP contribution in [0.5, 0.6) is 0 Å². The Bertz CT molecular complexity index is 993. The fourth-order valence-electron chi connectivity index (χ4n) is 3.31. The minimum atomic E-state index is -4.22. The molecule has 10 heteroatoms. The van der Waals surface area contributed by atoms with E-state index < -0.39 is 36.8 Å². The van der Waals surface area contributed by atoms with E-state index >= 15 is 0 Å². The number of hydrogen-bond acceptors (Lipinski definition) is 5. The summed E-state index contributed by atoms with van der Waals surface area (Å²) < 4.78 is 47.2. The molecule has 28 heavy (non-hydrogen) atoms. The van der Waals surface area contributed by atoms with Gasteiger partial charge in [0.05, 0.1) is 4.92 Å². The molecule has 1 aliphatic rings. The summed E-state index contributed by atoms with van der Waals surface area (Å²) in [5.74, 6) is -0.420. The average Bonchev–Trinajstić information content (AvgIpc) is 2.67. The lowest BCUT2D eigenvalue weighted by Crippen LogP contribution is -2.44. The summed E-state index contributed by atoms with van der Waals surface area (Å²) in [6.45, 7) is 0.747. The van der Waals surface area contributed by atoms with E-state index in [9.17, 15) is 22.9 Å². The van der Waals surface area contributed by atoms with Gasteiger partial charge in [0, 0.05) is 36.3 Å². The Morgan fingerprint density at radius 2 is 1.93 bits per heavy atom. The predicted octanol–water partition coefficient (Wildman–Crippen LogP) is 3.41. The van der Waals surface area contributed by atoms with Crippen LogP contribution >= 0.6 is 11.6 Å². The fourth-order valence-corrected chi connectivity index (χ4v) is 4.87. The van der Waals surface area contributed by atoms with E-state index in [1.54, 1.807) is 12.1 Å². The van der Waals surface area contributed by atoms with Crippen LogP contribution < -0.4 is 4.72 Å². The van der Waals surface area contributed by atoms with E-state index in [0.717, 1.165) is 12.1 Å². The average molecular weight is 429 g/mol. The number of nitrogens with one attached hydrogen (secondary N) is 1. The SMILES string of the molecule is O=[N+]([O-])c1ccc(Cl)cc1S(=O)(=O)NCC1(c2cccc(F)c2)CCOCC1. The molecule has 0 atom stereocenters. The second-order valence-electron chi connectivity index (χ2n) is 6.60. The van der Waals surface area contributed by atoms with Crippen molar-refractivity contribution in [2.45, 2.75) is 23.2 Å². The first kappa shape index (κ1) is 20.7. The van der Waals surface area contributed by atoms with Gasteiger partial charge in [-0.15, -0.1) is 0 Å². The van der Waals surface area contributed by atoms with Crippen molar-refractivity contribution < 1.29 is 22.5 Å². The number of rotatable bonds is 6. The minimum absolute atomic E-state index is 0.0498. The van der Waals surface area contributed by atoms with Gasteiger partial charge in [0.25, 0.3) is 5.69 Å². The predicted molar refractivity (Wildman–Crippen MR) is 101 cm³/mol. The van der Waals surface area contributed by atoms with Crippen LogP contribution in [0.3, 0.4) is 0 Å². The monoisotopic (exact) mass is 428 g/mol. The van der Waals surface area contributed by atoms with Gasteiger partial charge in [0.2, 0.25) is 10.0 Å². The van der Waals surface area contributed by atoms with Crippen molar-refractivity contribution in [2.75, 3.05) is 19.8 Å². The van der Waals surface area contributed by atoms with E-state index in [0.29, 0.717) is 31.6 Å². The molecule has 0 aliphatic carbocycles. The van der Waals surface area contributed by atoms with E-state index in [2.05, 4.69) is 4.72 Å². The topological polar surface area (TPSA) is 98.5 Å². The van der Waals surface area contributed by atoms with Crippen molar-refractivity contribution in [3.8, 4) is 0 Å². The Hall–Kier alpha value is -2.07. The number of nitro groups is 1. The molecule has 2 aromatic rings. The molecule has 1 saturated heterocycles. The van der Waals surface area contributed by atoms with Crippen LogP contribution in [-0.4, -0.2) is 33.1 Å². The molecule has 0 amide bonds. The van der Waals surface area contributed by atoms with Crippen molar-refractivity contribution in [1.29, 1.82) is 0 Å². The van der Waals surface area contributed by atoms with E-state index in [4.69, 9.17) is 16.3 Å². The first-order chi connectivity index (χ1) is 13.2. The van der Waals surface area contributed by atoms with Crippen LogP contribution in [0.1, 0.15) is 18.4 Å². The fraction of sp³-hybridized carbons (Fsp3) is 0.333. The lowest BCUT2D eigenvalue weighted by molar-refractivity contribution is -0.387. The standard InChI is InChI=1S/C18H18ClFN2O5S/c19-14-4-5-16(22(23)24)17(11-14)28(25,26)21-12-18(6-8-27-9-7-18)13-2-1-3-15(20)10-13/h1-5,10-11,21H,6-9,12H2. The largest absolute Gasteiger partial charge is 0.381 e. The second kappa shape index (κ2) is 8.12. The zero-order valence-electron chi connectivity index (χ0n) is 14.7. The van der Waals surface area contributed by atoms with Gasteiger partial charge in [0.15, 0.2) is 4.90 Å². The van der Waals surface area contributed by atoms with Gasteiger partial charge < -0.3 is 4.74 Å². The molecule has 2 aromatic carbocycles. The number of hydrogen-bond donors (Lipinski definition) is 1. The molecule has 0 aromatic heterocycles. The Balaban J connectivity index is 1.94. The molecule has 0 saturated carbocycles. The highest BCUT2D eigenvalue weighted by Gasteiger charge is 2.37. The number of benzene rings is 2. The van der Waals surface area contributed by atoms with Crippen LogP contribution in [0, 0.1) is 15.9 Å². The highest BCUT2D eigenvalue weighted by molar-refractivity contribution is 7.89. The quantitative estimate of drug-likeness (QED) is 0.561. The normalized spacial score (nSPS) is 16.6. The first-order valence-corrected chi connectivity index (χ1v) is 10.4. The van der Waals surface area contributed by atoms with Gasteiger partial charge in [0.1, 0.15) is 5.82 Å². The Morgan fingerprint density at radius 1 is 1.21 bits per heavy atom. The van der Waals surface area contributed by atoms with Crippen LogP contribution in [-0.2, 0) is 20.2 Å². The third kappa shape index (κ3) is 4.33. The molecule has 7 nitrogen and oxygen atoms in total. The van der Waals surface area contributed by atoms with Gasteiger partial charge in [-0.2, -0.15) is 0 Å². The van der Waals surface area contributed by atoms with Crippen LogP contribution in [0.2, 0.25) is 5.02 Å². The summed E-state index contributed by atoms with van der Waals surface area (Å²) in [6, 6.07) is 9.35. The highest BCUT2D eigenvalue weighted by Crippen LogP contribution is 2.35. The molecular formula is C18H18ClFN2O5S. The minimum Gasteiger partial charge on any atom is -0.381 e. The van der Waals surface area contributed by atoms with Gasteiger partial charge in [-0.3, -0.25) is 10.1 Å². The molecule has 1 N–H and O–H groups in total. The maximum Gasteiger partial charge on any atom is 0.289 e. The van der Waals surface area contributed by atoms with Gasteiger partial charge in [-0.05, 0) is 42.7 Å². The molecule has 1 fully saturated rings. The molecule has 0 unspecified atom stereocenters. The molecular weight excluding hydrogens is 411 g/mol. The molecule has 1 heterocycles. The molecule has 1 aliphatic heterocycles. The zero-order valence-corrected chi connectivity index (χ0v) is 16.3. The number of sulfonamides is 1. The van der Waals surface area contributed by atoms with E-state index in [1.807, 2.05) is 0 Å². The Morgan fingerprint density at radius 3 is 2.57 bits per heavy atom.